The minimum atomic E-state index is -1.26. The maximum atomic E-state index is 13.0. The highest BCUT2D eigenvalue weighted by atomic mass is 19.1. The summed E-state index contributed by atoms with van der Waals surface area (Å²) in [5.41, 5.74) is 0.616. The Morgan fingerprint density at radius 2 is 1.68 bits per heavy atom. The fourth-order valence-corrected chi connectivity index (χ4v) is 2.38. The van der Waals surface area contributed by atoms with E-state index < -0.39 is 18.7 Å². The molecule has 0 radical (unpaired) electrons. The van der Waals surface area contributed by atoms with Crippen LogP contribution in [-0.4, -0.2) is 39.9 Å². The summed E-state index contributed by atoms with van der Waals surface area (Å²) in [5.74, 6) is 0.123. The van der Waals surface area contributed by atoms with Crippen molar-refractivity contribution >= 4 is 5.97 Å². The van der Waals surface area contributed by atoms with Gasteiger partial charge in [-0.1, -0.05) is 0 Å². The van der Waals surface area contributed by atoms with Gasteiger partial charge in [-0.3, -0.25) is 0 Å². The number of aromatic nitrogens is 2. The van der Waals surface area contributed by atoms with Crippen molar-refractivity contribution in [3.8, 4) is 22.9 Å². The first-order valence-corrected chi connectivity index (χ1v) is 8.30. The van der Waals surface area contributed by atoms with Gasteiger partial charge in [0.2, 0.25) is 0 Å². The van der Waals surface area contributed by atoms with Crippen molar-refractivity contribution in [2.45, 2.75) is 6.10 Å². The van der Waals surface area contributed by atoms with E-state index in [1.807, 2.05) is 0 Å². The Balaban J connectivity index is 1.89. The summed E-state index contributed by atoms with van der Waals surface area (Å²) >= 11 is 0. The molecule has 0 amide bonds. The SMILES string of the molecule is COC(=O)c1cc([C@H](O)CO)nc(-c2ccc(Oc3ccc(F)cc3)cc2)n1. The summed E-state index contributed by atoms with van der Waals surface area (Å²) in [5, 5.41) is 19.0. The number of carbonyl (C=O) groups is 1. The van der Waals surface area contributed by atoms with Crippen LogP contribution in [0.25, 0.3) is 11.4 Å². The van der Waals surface area contributed by atoms with Gasteiger partial charge in [0.1, 0.15) is 23.4 Å². The second-order valence-electron chi connectivity index (χ2n) is 5.77. The molecule has 0 aliphatic heterocycles. The van der Waals surface area contributed by atoms with E-state index in [4.69, 9.17) is 9.84 Å². The van der Waals surface area contributed by atoms with Crippen LogP contribution in [-0.2, 0) is 4.74 Å². The van der Waals surface area contributed by atoms with Crippen LogP contribution < -0.4 is 4.74 Å². The molecule has 28 heavy (non-hydrogen) atoms. The van der Waals surface area contributed by atoms with Gasteiger partial charge in [0.05, 0.1) is 19.4 Å². The van der Waals surface area contributed by atoms with Gasteiger partial charge < -0.3 is 19.7 Å². The van der Waals surface area contributed by atoms with Crippen molar-refractivity contribution in [2.75, 3.05) is 13.7 Å². The molecule has 0 saturated heterocycles. The molecule has 3 aromatic rings. The summed E-state index contributed by atoms with van der Waals surface area (Å²) in [6, 6.07) is 13.5. The lowest BCUT2D eigenvalue weighted by molar-refractivity contribution is 0.0592. The Bertz CT molecular complexity index is 961. The normalized spacial score (nSPS) is 11.7. The molecular weight excluding hydrogens is 367 g/mol. The maximum Gasteiger partial charge on any atom is 0.356 e. The van der Waals surface area contributed by atoms with E-state index in [2.05, 4.69) is 14.7 Å². The second-order valence-corrected chi connectivity index (χ2v) is 5.77. The molecule has 0 fully saturated rings. The first kappa shape index (κ1) is 19.4. The van der Waals surface area contributed by atoms with Crippen molar-refractivity contribution in [3.63, 3.8) is 0 Å². The Hall–Kier alpha value is -3.36. The third-order valence-electron chi connectivity index (χ3n) is 3.82. The first-order valence-electron chi connectivity index (χ1n) is 8.30. The standard InChI is InChI=1S/C20H17FN2O5/c1-27-20(26)17-10-16(18(25)11-24)22-19(23-17)12-2-6-14(7-3-12)28-15-8-4-13(21)5-9-15/h2-10,18,24-25H,11H2,1H3/t18-/m1/s1. The van der Waals surface area contributed by atoms with Gasteiger partial charge in [-0.15, -0.1) is 0 Å². The molecule has 0 aliphatic rings. The van der Waals surface area contributed by atoms with E-state index in [0.717, 1.165) is 0 Å². The molecule has 0 spiro atoms. The topological polar surface area (TPSA) is 102 Å². The van der Waals surface area contributed by atoms with E-state index in [0.29, 0.717) is 17.1 Å². The smallest absolute Gasteiger partial charge is 0.356 e. The number of aliphatic hydroxyl groups excluding tert-OH is 2. The van der Waals surface area contributed by atoms with Crippen molar-refractivity contribution < 1.29 is 28.9 Å². The Morgan fingerprint density at radius 1 is 1.07 bits per heavy atom. The highest BCUT2D eigenvalue weighted by Crippen LogP contribution is 2.25. The van der Waals surface area contributed by atoms with Crippen molar-refractivity contribution in [1.29, 1.82) is 0 Å². The van der Waals surface area contributed by atoms with Crippen LogP contribution in [0.5, 0.6) is 11.5 Å². The molecule has 0 saturated carbocycles. The van der Waals surface area contributed by atoms with Gasteiger partial charge >= 0.3 is 5.97 Å². The molecule has 8 heteroatoms. The maximum absolute atomic E-state index is 13.0. The Morgan fingerprint density at radius 3 is 2.25 bits per heavy atom. The van der Waals surface area contributed by atoms with Crippen LogP contribution in [0.1, 0.15) is 22.3 Å². The summed E-state index contributed by atoms with van der Waals surface area (Å²) in [6.07, 6.45) is -1.26. The average Bonchev–Trinajstić information content (AvgIpc) is 2.74. The molecule has 0 aliphatic carbocycles. The van der Waals surface area contributed by atoms with Gasteiger partial charge in [0, 0.05) is 5.56 Å². The van der Waals surface area contributed by atoms with Gasteiger partial charge in [-0.05, 0) is 54.6 Å². The van der Waals surface area contributed by atoms with Crippen LogP contribution in [0.3, 0.4) is 0 Å². The third kappa shape index (κ3) is 4.48. The molecule has 1 heterocycles. The number of benzene rings is 2. The number of aliphatic hydroxyl groups is 2. The number of hydrogen-bond acceptors (Lipinski definition) is 7. The van der Waals surface area contributed by atoms with Crippen LogP contribution >= 0.6 is 0 Å². The third-order valence-corrected chi connectivity index (χ3v) is 3.82. The molecule has 2 N–H and O–H groups in total. The van der Waals surface area contributed by atoms with E-state index in [-0.39, 0.29) is 23.0 Å². The minimum Gasteiger partial charge on any atom is -0.464 e. The lowest BCUT2D eigenvalue weighted by Crippen LogP contribution is -2.12. The number of esters is 1. The average molecular weight is 384 g/mol. The van der Waals surface area contributed by atoms with Crippen LogP contribution in [0.4, 0.5) is 4.39 Å². The zero-order valence-electron chi connectivity index (χ0n) is 14.9. The fourth-order valence-electron chi connectivity index (χ4n) is 2.38. The lowest BCUT2D eigenvalue weighted by Gasteiger charge is -2.11. The second kappa shape index (κ2) is 8.55. The number of rotatable bonds is 6. The molecule has 144 valence electrons. The van der Waals surface area contributed by atoms with E-state index in [9.17, 15) is 14.3 Å². The Kier molecular flexibility index (Phi) is 5.93. The number of nitrogens with zero attached hydrogens (tertiary/aromatic N) is 2. The summed E-state index contributed by atoms with van der Waals surface area (Å²) < 4.78 is 23.3. The fraction of sp³-hybridized carbons (Fsp3) is 0.150. The predicted molar refractivity (Wildman–Crippen MR) is 97.3 cm³/mol. The molecule has 0 bridgehead atoms. The number of carbonyl (C=O) groups excluding carboxylic acids is 1. The van der Waals surface area contributed by atoms with Gasteiger partial charge in [-0.25, -0.2) is 19.2 Å². The van der Waals surface area contributed by atoms with Gasteiger partial charge in [0.25, 0.3) is 0 Å². The molecule has 1 atom stereocenters. The van der Waals surface area contributed by atoms with Crippen LogP contribution in [0, 0.1) is 5.82 Å². The first-order chi connectivity index (χ1) is 13.5. The zero-order chi connectivity index (χ0) is 20.1. The molecule has 7 nitrogen and oxygen atoms in total. The summed E-state index contributed by atoms with van der Waals surface area (Å²) in [6.45, 7) is -0.554. The monoisotopic (exact) mass is 384 g/mol. The molecule has 3 rings (SSSR count). The molecular formula is C20H17FN2O5. The van der Waals surface area contributed by atoms with Crippen molar-refractivity contribution in [2.24, 2.45) is 0 Å². The number of halogens is 1. The Labute approximate surface area is 160 Å². The largest absolute Gasteiger partial charge is 0.464 e. The number of hydrogen-bond donors (Lipinski definition) is 2. The zero-order valence-corrected chi connectivity index (χ0v) is 14.9. The lowest BCUT2D eigenvalue weighted by atomic mass is 10.1. The number of methoxy groups -OCH3 is 1. The summed E-state index contributed by atoms with van der Waals surface area (Å²) in [4.78, 5) is 20.2. The minimum absolute atomic E-state index is 0.0401. The number of ether oxygens (including phenoxy) is 2. The van der Waals surface area contributed by atoms with Crippen molar-refractivity contribution in [3.05, 3.63) is 71.8 Å². The van der Waals surface area contributed by atoms with Gasteiger partial charge in [-0.2, -0.15) is 0 Å². The molecule has 1 aromatic heterocycles. The van der Waals surface area contributed by atoms with E-state index in [1.54, 1.807) is 24.3 Å². The van der Waals surface area contributed by atoms with E-state index >= 15 is 0 Å². The summed E-state index contributed by atoms with van der Waals surface area (Å²) in [7, 11) is 1.22. The highest BCUT2D eigenvalue weighted by molar-refractivity contribution is 5.87. The van der Waals surface area contributed by atoms with Crippen LogP contribution in [0.15, 0.2) is 54.6 Å². The van der Waals surface area contributed by atoms with E-state index in [1.165, 1.54) is 37.4 Å². The van der Waals surface area contributed by atoms with Gasteiger partial charge in [0.15, 0.2) is 11.5 Å². The molecule has 0 unspecified atom stereocenters. The highest BCUT2D eigenvalue weighted by Gasteiger charge is 2.17. The van der Waals surface area contributed by atoms with Crippen molar-refractivity contribution in [1.82, 2.24) is 9.97 Å². The quantitative estimate of drug-likeness (QED) is 0.630. The molecule has 2 aromatic carbocycles. The van der Waals surface area contributed by atoms with Crippen LogP contribution in [0.2, 0.25) is 0 Å². The predicted octanol–water partition coefficient (Wildman–Crippen LogP) is 2.89.